The second-order valence-corrected chi connectivity index (χ2v) is 7.61. The lowest BCUT2D eigenvalue weighted by Gasteiger charge is -2.19. The van der Waals surface area contributed by atoms with E-state index in [-0.39, 0.29) is 18.3 Å². The lowest BCUT2D eigenvalue weighted by molar-refractivity contribution is -0.191. The summed E-state index contributed by atoms with van der Waals surface area (Å²) in [5.41, 5.74) is 7.49. The van der Waals surface area contributed by atoms with Crippen LogP contribution >= 0.6 is 0 Å². The molecule has 0 bridgehead atoms. The number of hydrogen-bond donors (Lipinski definition) is 3. The first-order chi connectivity index (χ1) is 13.8. The first-order valence-electron chi connectivity index (χ1n) is 10.3. The maximum atomic E-state index is 8.82. The van der Waals surface area contributed by atoms with Crippen LogP contribution in [0.5, 0.6) is 5.75 Å². The smallest absolute Gasteiger partial charge is 0.451 e. The van der Waals surface area contributed by atoms with Crippen LogP contribution in [0.25, 0.3) is 0 Å². The van der Waals surface area contributed by atoms with Gasteiger partial charge in [0.05, 0.1) is 6.10 Å². The number of nitrogens with two attached hydrogens (primary N) is 1. The maximum absolute atomic E-state index is 8.82. The average molecular weight is 408 g/mol. The van der Waals surface area contributed by atoms with Crippen molar-refractivity contribution in [1.29, 1.82) is 0 Å². The quantitative estimate of drug-likeness (QED) is 0.319. The molecule has 0 spiro atoms. The Labute approximate surface area is 175 Å². The molecule has 1 rings (SSSR count). The molecule has 0 fully saturated rings. The first kappa shape index (κ1) is 27.3. The molecule has 0 saturated carbocycles. The number of rotatable bonds is 14. The van der Waals surface area contributed by atoms with Crippen molar-refractivity contribution in [3.63, 3.8) is 0 Å². The Balaban J connectivity index is 0.00000245. The predicted octanol–water partition coefficient (Wildman–Crippen LogP) is 2.12. The monoisotopic (exact) mass is 408 g/mol. The minimum atomic E-state index is -1.18. The Morgan fingerprint density at radius 2 is 1.69 bits per heavy atom. The van der Waals surface area contributed by atoms with Crippen LogP contribution in [0, 0.1) is 0 Å². The van der Waals surface area contributed by atoms with Gasteiger partial charge in [0.15, 0.2) is 0 Å². The van der Waals surface area contributed by atoms with E-state index < -0.39 is 7.12 Å². The maximum Gasteiger partial charge on any atom is 0.451 e. The normalized spacial score (nSPS) is 11.6. The fourth-order valence-corrected chi connectivity index (χ4v) is 2.94. The Hall–Kier alpha value is -1.70. The molecule has 0 aliphatic carbocycles. The van der Waals surface area contributed by atoms with Gasteiger partial charge in [-0.25, -0.2) is 0 Å². The summed E-state index contributed by atoms with van der Waals surface area (Å²) in [5.74, 6) is 0.934. The lowest BCUT2D eigenvalue weighted by atomic mass is 9.83. The molecule has 164 valence electrons. The third kappa shape index (κ3) is 16.9. The molecule has 8 heteroatoms. The molecular formula is C21H37BN2O5. The Morgan fingerprint density at radius 1 is 1.07 bits per heavy atom. The minimum absolute atomic E-state index is 0.196. The molecule has 0 aliphatic heterocycles. The third-order valence-electron chi connectivity index (χ3n) is 4.47. The molecule has 0 radical (unpaired) electrons. The van der Waals surface area contributed by atoms with E-state index in [0.717, 1.165) is 57.4 Å². The van der Waals surface area contributed by atoms with Crippen LogP contribution in [0.1, 0.15) is 51.5 Å². The van der Waals surface area contributed by atoms with Crippen molar-refractivity contribution >= 4 is 13.3 Å². The topological polar surface area (TPSA) is 113 Å². The number of carbonyl (C=O) groups excluding carboxylic acids is 2. The van der Waals surface area contributed by atoms with Gasteiger partial charge in [0.25, 0.3) is 0 Å². The molecule has 7 nitrogen and oxygen atoms in total. The van der Waals surface area contributed by atoms with Gasteiger partial charge in [-0.2, -0.15) is 9.59 Å². The summed E-state index contributed by atoms with van der Waals surface area (Å²) in [6.07, 6.45) is 6.82. The van der Waals surface area contributed by atoms with Gasteiger partial charge >= 0.3 is 13.3 Å². The highest BCUT2D eigenvalue weighted by atomic mass is 16.5. The van der Waals surface area contributed by atoms with E-state index in [2.05, 4.69) is 24.1 Å². The molecule has 0 heterocycles. The fraction of sp³-hybridized carbons (Fsp3) is 0.667. The SMILES string of the molecule is CC(C)Oc1ccc(CCCN(C)CCC(N)CCCCB(O)O)cc1.O=C=O. The largest absolute Gasteiger partial charge is 0.491 e. The summed E-state index contributed by atoms with van der Waals surface area (Å²) in [5, 5.41) is 17.6. The Morgan fingerprint density at radius 3 is 2.24 bits per heavy atom. The summed E-state index contributed by atoms with van der Waals surface area (Å²) < 4.78 is 5.67. The van der Waals surface area contributed by atoms with E-state index in [1.165, 1.54) is 5.56 Å². The van der Waals surface area contributed by atoms with Crippen molar-refractivity contribution < 1.29 is 24.4 Å². The summed E-state index contributed by atoms with van der Waals surface area (Å²) in [6.45, 7) is 6.14. The molecular weight excluding hydrogens is 371 g/mol. The number of benzene rings is 1. The van der Waals surface area contributed by atoms with Crippen molar-refractivity contribution in [3.8, 4) is 5.75 Å². The van der Waals surface area contributed by atoms with Crippen LogP contribution in [0.3, 0.4) is 0 Å². The number of ether oxygens (including phenoxy) is 1. The molecule has 1 aromatic carbocycles. The number of unbranched alkanes of at least 4 members (excludes halogenated alkanes) is 1. The van der Waals surface area contributed by atoms with Crippen LogP contribution in [0.2, 0.25) is 6.32 Å². The van der Waals surface area contributed by atoms with Gasteiger partial charge in [0.2, 0.25) is 0 Å². The zero-order chi connectivity index (χ0) is 22.1. The molecule has 4 N–H and O–H groups in total. The molecule has 0 amide bonds. The number of nitrogens with zero attached hydrogens (tertiary/aromatic N) is 1. The van der Waals surface area contributed by atoms with Gasteiger partial charge in [-0.3, -0.25) is 0 Å². The van der Waals surface area contributed by atoms with Crippen LogP contribution < -0.4 is 10.5 Å². The van der Waals surface area contributed by atoms with Crippen molar-refractivity contribution in [2.24, 2.45) is 5.73 Å². The highest BCUT2D eigenvalue weighted by molar-refractivity contribution is 6.40. The van der Waals surface area contributed by atoms with Crippen molar-refractivity contribution in [1.82, 2.24) is 4.90 Å². The number of aryl methyl sites for hydroxylation is 1. The van der Waals surface area contributed by atoms with Crippen LogP contribution in [-0.2, 0) is 16.0 Å². The second kappa shape index (κ2) is 17.2. The van der Waals surface area contributed by atoms with E-state index in [1.54, 1.807) is 0 Å². The predicted molar refractivity (Wildman–Crippen MR) is 114 cm³/mol. The van der Waals surface area contributed by atoms with E-state index in [9.17, 15) is 0 Å². The molecule has 29 heavy (non-hydrogen) atoms. The highest BCUT2D eigenvalue weighted by Crippen LogP contribution is 2.15. The summed E-state index contributed by atoms with van der Waals surface area (Å²) in [4.78, 5) is 18.6. The molecule has 0 aromatic heterocycles. The van der Waals surface area contributed by atoms with Crippen molar-refractivity contribution in [3.05, 3.63) is 29.8 Å². The van der Waals surface area contributed by atoms with E-state index in [1.807, 2.05) is 26.0 Å². The zero-order valence-corrected chi connectivity index (χ0v) is 18.0. The standard InChI is InChI=1S/C20H37BN2O3.CO2/c1-17(2)26-20-11-9-18(10-12-20)7-6-15-23(3)16-13-19(22)8-4-5-14-21(24)25;2-1-3/h9-12,17,19,24-25H,4-8,13-16,22H2,1-3H3;. The van der Waals surface area contributed by atoms with E-state index in [0.29, 0.717) is 6.32 Å². The van der Waals surface area contributed by atoms with Crippen LogP contribution in [0.15, 0.2) is 24.3 Å². The molecule has 0 aliphatic rings. The van der Waals surface area contributed by atoms with Gasteiger partial charge in [-0.05, 0) is 83.7 Å². The zero-order valence-electron chi connectivity index (χ0n) is 18.0. The lowest BCUT2D eigenvalue weighted by Crippen LogP contribution is -2.29. The average Bonchev–Trinajstić information content (AvgIpc) is 2.65. The Bertz CT molecular complexity index is 549. The van der Waals surface area contributed by atoms with Crippen LogP contribution in [0.4, 0.5) is 0 Å². The second-order valence-electron chi connectivity index (χ2n) is 7.61. The van der Waals surface area contributed by atoms with Gasteiger partial charge in [-0.15, -0.1) is 0 Å². The third-order valence-corrected chi connectivity index (χ3v) is 4.47. The van der Waals surface area contributed by atoms with Crippen molar-refractivity contribution in [2.75, 3.05) is 20.1 Å². The fourth-order valence-electron chi connectivity index (χ4n) is 2.94. The van der Waals surface area contributed by atoms with Crippen molar-refractivity contribution in [2.45, 2.75) is 70.8 Å². The van der Waals surface area contributed by atoms with E-state index in [4.69, 9.17) is 30.1 Å². The highest BCUT2D eigenvalue weighted by Gasteiger charge is 2.08. The van der Waals surface area contributed by atoms with E-state index >= 15 is 0 Å². The molecule has 1 atom stereocenters. The minimum Gasteiger partial charge on any atom is -0.491 e. The van der Waals surface area contributed by atoms with Crippen LogP contribution in [-0.4, -0.2) is 60.5 Å². The van der Waals surface area contributed by atoms with Gasteiger partial charge in [0, 0.05) is 6.04 Å². The summed E-state index contributed by atoms with van der Waals surface area (Å²) >= 11 is 0. The van der Waals surface area contributed by atoms with Gasteiger partial charge in [-0.1, -0.05) is 25.0 Å². The first-order valence-corrected chi connectivity index (χ1v) is 10.3. The molecule has 0 saturated heterocycles. The van der Waals surface area contributed by atoms with Gasteiger partial charge in [0.1, 0.15) is 5.75 Å². The van der Waals surface area contributed by atoms with Gasteiger partial charge < -0.3 is 25.4 Å². The Kier molecular flexibility index (Phi) is 16.2. The summed E-state index contributed by atoms with van der Waals surface area (Å²) in [7, 11) is 0.963. The number of hydrogen-bond acceptors (Lipinski definition) is 7. The molecule has 1 aromatic rings. The molecule has 1 unspecified atom stereocenters. The summed E-state index contributed by atoms with van der Waals surface area (Å²) in [6, 6.07) is 8.59.